The molecule has 0 heterocycles. The second kappa shape index (κ2) is 16.7. The Bertz CT molecular complexity index is 1100. The zero-order valence-corrected chi connectivity index (χ0v) is 28.9. The lowest BCUT2D eigenvalue weighted by Crippen LogP contribution is -2.62. The maximum atomic E-state index is 12.6. The molecule has 0 aromatic rings. The smallest absolute Gasteiger partial charge is 0.303 e. The molecule has 4 fully saturated rings. The topological polar surface area (TPSA) is 169 Å². The summed E-state index contributed by atoms with van der Waals surface area (Å²) in [5.74, 6) is 0.0988. The normalized spacial score (nSPS) is 36.9. The van der Waals surface area contributed by atoms with Gasteiger partial charge in [0.25, 0.3) is 0 Å². The molecule has 0 aromatic heterocycles. The average molecular weight is 666 g/mol. The van der Waals surface area contributed by atoms with Gasteiger partial charge in [0.15, 0.2) is 11.6 Å². The number of carboxylic acids is 1. The molecule has 4 aliphatic carbocycles. The van der Waals surface area contributed by atoms with Gasteiger partial charge in [-0.2, -0.15) is 0 Å². The van der Waals surface area contributed by atoms with E-state index in [0.717, 1.165) is 32.1 Å². The Morgan fingerprint density at radius 3 is 2.36 bits per heavy atom. The molecule has 0 aliphatic heterocycles. The molecule has 0 bridgehead atoms. The van der Waals surface area contributed by atoms with Crippen LogP contribution < -0.4 is 5.32 Å². The Labute approximate surface area is 279 Å². The first kappa shape index (κ1) is 37.9. The minimum absolute atomic E-state index is 0.0214. The highest BCUT2D eigenvalue weighted by Crippen LogP contribution is 2.68. The molecular weight excluding hydrogens is 606 g/mol. The molecule has 1 amide bonds. The molecule has 0 spiro atoms. The number of carboxylic acid groups (broad SMARTS) is 1. The summed E-state index contributed by atoms with van der Waals surface area (Å²) in [4.78, 5) is 46.8. The number of carbonyl (C=O) groups is 4. The summed E-state index contributed by atoms with van der Waals surface area (Å²) >= 11 is 0. The predicted octanol–water partition coefficient (Wildman–Crippen LogP) is 3.56. The second-order valence-electron chi connectivity index (χ2n) is 15.5. The van der Waals surface area contributed by atoms with Gasteiger partial charge in [-0.15, -0.1) is 0 Å². The highest BCUT2D eigenvalue weighted by atomic mass is 16.5. The molecule has 4 N–H and O–H groups in total. The monoisotopic (exact) mass is 665 g/mol. The van der Waals surface area contributed by atoms with Crippen molar-refractivity contribution in [3.05, 3.63) is 0 Å². The maximum Gasteiger partial charge on any atom is 0.303 e. The molecule has 2 unspecified atom stereocenters. The van der Waals surface area contributed by atoms with E-state index in [4.69, 9.17) is 14.2 Å². The van der Waals surface area contributed by atoms with Crippen LogP contribution in [0.4, 0.5) is 0 Å². The zero-order chi connectivity index (χ0) is 34.4. The van der Waals surface area contributed by atoms with E-state index in [1.54, 1.807) is 0 Å². The van der Waals surface area contributed by atoms with E-state index in [2.05, 4.69) is 26.1 Å². The Balaban J connectivity index is 1.21. The summed E-state index contributed by atoms with van der Waals surface area (Å²) in [5, 5.41) is 35.4. The number of nitrogens with one attached hydrogen (secondary N) is 1. The molecule has 11 nitrogen and oxygen atoms in total. The summed E-state index contributed by atoms with van der Waals surface area (Å²) in [6.45, 7) is 9.45. The van der Waals surface area contributed by atoms with Crippen molar-refractivity contribution in [1.82, 2.24) is 5.32 Å². The number of hydrogen-bond acceptors (Lipinski definition) is 9. The van der Waals surface area contributed by atoms with Crippen LogP contribution in [0.5, 0.6) is 0 Å². The standard InChI is InChI=1S/C36H59NO10/c1-22(5-10-33(43)44)27-7-8-28-34-29(19-31(41)36(27,28)4)35(3)12-11-26(17-24(35)18-30(34)40)47-21-25(39)6-9-32(42)37-13-14-45-15-16-46-20-23(2)38/h22,24,26-31,34,40-41H,5-21H2,1-4H3,(H,37,42)(H,43,44)/t22-,24+,26+,27-,28?,29?,30-,31+,34+,35+,36-/m1/s1. The van der Waals surface area contributed by atoms with Crippen LogP contribution in [0.25, 0.3) is 0 Å². The van der Waals surface area contributed by atoms with Crippen LogP contribution in [0.1, 0.15) is 98.3 Å². The Morgan fingerprint density at radius 1 is 0.894 bits per heavy atom. The number of amides is 1. The van der Waals surface area contributed by atoms with Crippen molar-refractivity contribution in [2.45, 2.75) is 117 Å². The second-order valence-corrected chi connectivity index (χ2v) is 15.5. The SMILES string of the molecule is CC(=O)COCCOCCNC(=O)CCC(=O)CO[C@H]1CC[C@]2(C)C3C[C@H](O)[C@@]4(C)C(CC[C@@H]4[C@H](C)CCC(=O)O)[C@@H]3[C@H](O)C[C@@H]2C1. The Morgan fingerprint density at radius 2 is 1.64 bits per heavy atom. The molecule has 0 saturated heterocycles. The quantitative estimate of drug-likeness (QED) is 0.159. The summed E-state index contributed by atoms with van der Waals surface area (Å²) in [5.41, 5.74) is -0.339. The van der Waals surface area contributed by atoms with Gasteiger partial charge in [-0.1, -0.05) is 20.8 Å². The van der Waals surface area contributed by atoms with E-state index in [1.807, 2.05) is 0 Å². The van der Waals surface area contributed by atoms with Crippen LogP contribution in [0.2, 0.25) is 0 Å². The van der Waals surface area contributed by atoms with E-state index in [9.17, 15) is 34.5 Å². The summed E-state index contributed by atoms with van der Waals surface area (Å²) in [7, 11) is 0. The number of rotatable bonds is 18. The van der Waals surface area contributed by atoms with Gasteiger partial charge in [0.2, 0.25) is 5.91 Å². The fourth-order valence-electron chi connectivity index (χ4n) is 10.1. The third kappa shape index (κ3) is 9.01. The molecule has 11 heteroatoms. The van der Waals surface area contributed by atoms with Crippen molar-refractivity contribution in [2.24, 2.45) is 46.3 Å². The number of hydrogen-bond donors (Lipinski definition) is 4. The van der Waals surface area contributed by atoms with E-state index in [1.165, 1.54) is 6.92 Å². The highest BCUT2D eigenvalue weighted by molar-refractivity contribution is 5.85. The molecular formula is C36H59NO10. The molecule has 0 aromatic carbocycles. The molecule has 4 saturated carbocycles. The number of fused-ring (bicyclic) bond motifs is 5. The predicted molar refractivity (Wildman–Crippen MR) is 173 cm³/mol. The molecule has 0 radical (unpaired) electrons. The molecule has 268 valence electrons. The number of aliphatic hydroxyl groups excluding tert-OH is 2. The first-order valence-electron chi connectivity index (χ1n) is 17.9. The molecule has 47 heavy (non-hydrogen) atoms. The van der Waals surface area contributed by atoms with Gasteiger partial charge in [-0.3, -0.25) is 19.2 Å². The first-order valence-corrected chi connectivity index (χ1v) is 17.9. The number of aliphatic hydroxyl groups is 2. The number of ketones is 2. The van der Waals surface area contributed by atoms with Gasteiger partial charge < -0.3 is 34.8 Å². The van der Waals surface area contributed by atoms with Gasteiger partial charge in [-0.25, -0.2) is 0 Å². The molecule has 4 rings (SSSR count). The number of carbonyl (C=O) groups excluding carboxylic acids is 3. The maximum absolute atomic E-state index is 12.6. The van der Waals surface area contributed by atoms with Crippen LogP contribution in [0, 0.1) is 46.3 Å². The van der Waals surface area contributed by atoms with Gasteiger partial charge in [0, 0.05) is 25.8 Å². The third-order valence-corrected chi connectivity index (χ3v) is 12.7. The van der Waals surface area contributed by atoms with Crippen molar-refractivity contribution >= 4 is 23.4 Å². The third-order valence-electron chi connectivity index (χ3n) is 12.7. The van der Waals surface area contributed by atoms with Crippen molar-refractivity contribution in [3.8, 4) is 0 Å². The van der Waals surface area contributed by atoms with Gasteiger partial charge in [0.1, 0.15) is 13.2 Å². The number of ether oxygens (including phenoxy) is 3. The molecule has 11 atom stereocenters. The summed E-state index contributed by atoms with van der Waals surface area (Å²) in [6, 6.07) is 0. The van der Waals surface area contributed by atoms with E-state index in [-0.39, 0.29) is 102 Å². The lowest BCUT2D eigenvalue weighted by molar-refractivity contribution is -0.209. The molecule has 4 aliphatic rings. The van der Waals surface area contributed by atoms with Crippen LogP contribution in [-0.2, 0) is 33.4 Å². The van der Waals surface area contributed by atoms with Crippen LogP contribution in [-0.4, -0.2) is 96.7 Å². The van der Waals surface area contributed by atoms with Gasteiger partial charge in [0.05, 0.1) is 38.1 Å². The largest absolute Gasteiger partial charge is 0.481 e. The van der Waals surface area contributed by atoms with E-state index >= 15 is 0 Å². The van der Waals surface area contributed by atoms with Crippen molar-refractivity contribution in [3.63, 3.8) is 0 Å². The highest BCUT2D eigenvalue weighted by Gasteiger charge is 2.65. The summed E-state index contributed by atoms with van der Waals surface area (Å²) in [6.07, 6.45) is 5.76. The minimum atomic E-state index is -0.779. The summed E-state index contributed by atoms with van der Waals surface area (Å²) < 4.78 is 16.5. The van der Waals surface area contributed by atoms with Crippen molar-refractivity contribution < 1.29 is 48.7 Å². The number of Topliss-reactive ketones (excluding diaryl/α,β-unsaturated/α-hetero) is 2. The van der Waals surface area contributed by atoms with E-state index in [0.29, 0.717) is 45.6 Å². The van der Waals surface area contributed by atoms with Crippen molar-refractivity contribution in [1.29, 1.82) is 0 Å². The Hall–Kier alpha value is -1.92. The minimum Gasteiger partial charge on any atom is -0.481 e. The van der Waals surface area contributed by atoms with Crippen LogP contribution in [0.15, 0.2) is 0 Å². The lowest BCUT2D eigenvalue weighted by Gasteiger charge is -2.63. The lowest BCUT2D eigenvalue weighted by atomic mass is 9.43. The van der Waals surface area contributed by atoms with Crippen LogP contribution >= 0.6 is 0 Å². The Kier molecular flexibility index (Phi) is 13.4. The van der Waals surface area contributed by atoms with E-state index < -0.39 is 18.2 Å². The van der Waals surface area contributed by atoms with Crippen molar-refractivity contribution in [2.75, 3.05) is 39.6 Å². The van der Waals surface area contributed by atoms with Crippen LogP contribution in [0.3, 0.4) is 0 Å². The zero-order valence-electron chi connectivity index (χ0n) is 28.9. The average Bonchev–Trinajstić information content (AvgIpc) is 3.38. The van der Waals surface area contributed by atoms with Gasteiger partial charge >= 0.3 is 5.97 Å². The van der Waals surface area contributed by atoms with Gasteiger partial charge in [-0.05, 0) is 105 Å². The number of aliphatic carboxylic acids is 1. The first-order chi connectivity index (χ1) is 22.3. The fraction of sp³-hybridized carbons (Fsp3) is 0.889. The fourth-order valence-corrected chi connectivity index (χ4v) is 10.1.